The highest BCUT2D eigenvalue weighted by molar-refractivity contribution is 7.92. The molecule has 4 rings (SSSR count). The van der Waals surface area contributed by atoms with Crippen LogP contribution < -0.4 is 19.1 Å². The summed E-state index contributed by atoms with van der Waals surface area (Å²) in [7, 11) is -3.41. The Kier molecular flexibility index (Phi) is 9.86. The normalized spacial score (nSPS) is 11.1. The molecule has 0 aliphatic rings. The van der Waals surface area contributed by atoms with Gasteiger partial charge in [-0.15, -0.1) is 0 Å². The van der Waals surface area contributed by atoms with E-state index in [4.69, 9.17) is 14.6 Å². The zero-order chi connectivity index (χ0) is 29.2. The number of carboxylic acid groups (broad SMARTS) is 1. The molecule has 0 aliphatic carbocycles. The molecule has 41 heavy (non-hydrogen) atoms. The monoisotopic (exact) mass is 574 g/mol. The number of aliphatic carboxylic acids is 1. The number of hydrogen-bond donors (Lipinski definition) is 2. The van der Waals surface area contributed by atoms with E-state index < -0.39 is 16.0 Å². The number of carbonyl (C=O) groups is 1. The number of nitrogens with one attached hydrogen (secondary N) is 1. The van der Waals surface area contributed by atoms with Crippen LogP contribution in [0.3, 0.4) is 0 Å². The average Bonchev–Trinajstić information content (AvgIpc) is 2.94. The number of sulfonamides is 1. The van der Waals surface area contributed by atoms with E-state index in [2.05, 4.69) is 21.8 Å². The van der Waals surface area contributed by atoms with Gasteiger partial charge in [-0.3, -0.25) is 9.52 Å². The SMILES string of the molecule is Cc1c(NS(C)(=O)=O)cccc1N(Cc1ccccc1)Cc1ccc(Oc2ccc(OCCCC(=O)O)cc2)cc1. The first-order valence-corrected chi connectivity index (χ1v) is 15.1. The summed E-state index contributed by atoms with van der Waals surface area (Å²) in [5.74, 6) is 1.17. The summed E-state index contributed by atoms with van der Waals surface area (Å²) in [6.07, 6.45) is 1.68. The van der Waals surface area contributed by atoms with Crippen LogP contribution >= 0.6 is 0 Å². The second kappa shape index (κ2) is 13.7. The van der Waals surface area contributed by atoms with E-state index in [0.29, 0.717) is 49.1 Å². The molecule has 4 aromatic carbocycles. The van der Waals surface area contributed by atoms with Gasteiger partial charge in [0.15, 0.2) is 0 Å². The highest BCUT2D eigenvalue weighted by Crippen LogP contribution is 2.31. The molecule has 0 fully saturated rings. The maximum absolute atomic E-state index is 11.9. The standard InChI is InChI=1S/C32H34N2O6S/c1-24-30(33-41(2,37)38)10-6-11-31(24)34(22-25-8-4-3-5-9-25)23-26-13-15-28(16-14-26)40-29-19-17-27(18-20-29)39-21-7-12-32(35)36/h3-6,8-11,13-20,33H,7,12,21-23H2,1-2H3,(H,35,36). The van der Waals surface area contributed by atoms with Crippen molar-refractivity contribution < 1.29 is 27.8 Å². The highest BCUT2D eigenvalue weighted by atomic mass is 32.2. The Balaban J connectivity index is 1.46. The molecule has 0 bridgehead atoms. The minimum absolute atomic E-state index is 0.0770. The summed E-state index contributed by atoms with van der Waals surface area (Å²) in [4.78, 5) is 12.8. The summed E-state index contributed by atoms with van der Waals surface area (Å²) in [5, 5.41) is 8.72. The Bertz CT molecular complexity index is 1540. The van der Waals surface area contributed by atoms with Gasteiger partial charge in [0.25, 0.3) is 0 Å². The van der Waals surface area contributed by atoms with Crippen LogP contribution in [-0.4, -0.2) is 32.4 Å². The lowest BCUT2D eigenvalue weighted by Crippen LogP contribution is -2.23. The first kappa shape index (κ1) is 29.5. The van der Waals surface area contributed by atoms with Gasteiger partial charge in [-0.2, -0.15) is 0 Å². The number of ether oxygens (including phenoxy) is 2. The molecule has 0 atom stereocenters. The number of benzene rings is 4. The Hall–Kier alpha value is -4.50. The van der Waals surface area contributed by atoms with Crippen LogP contribution in [-0.2, 0) is 27.9 Å². The third-order valence-corrected chi connectivity index (χ3v) is 6.91. The van der Waals surface area contributed by atoms with Crippen molar-refractivity contribution in [1.82, 2.24) is 0 Å². The molecule has 0 aliphatic heterocycles. The maximum atomic E-state index is 11.9. The van der Waals surface area contributed by atoms with E-state index in [1.807, 2.05) is 73.7 Å². The third-order valence-electron chi connectivity index (χ3n) is 6.32. The molecule has 0 saturated heterocycles. The maximum Gasteiger partial charge on any atom is 0.303 e. The van der Waals surface area contributed by atoms with Crippen molar-refractivity contribution in [3.05, 3.63) is 114 Å². The molecule has 8 nitrogen and oxygen atoms in total. The van der Waals surface area contributed by atoms with Crippen LogP contribution in [0, 0.1) is 6.92 Å². The molecular formula is C32H34N2O6S. The van der Waals surface area contributed by atoms with Gasteiger partial charge in [-0.25, -0.2) is 8.42 Å². The first-order valence-electron chi connectivity index (χ1n) is 13.2. The van der Waals surface area contributed by atoms with Gasteiger partial charge in [-0.1, -0.05) is 48.5 Å². The molecule has 0 saturated carbocycles. The molecule has 9 heteroatoms. The van der Waals surface area contributed by atoms with E-state index in [0.717, 1.165) is 28.6 Å². The lowest BCUT2D eigenvalue weighted by Gasteiger charge is -2.28. The smallest absolute Gasteiger partial charge is 0.303 e. The summed E-state index contributed by atoms with van der Waals surface area (Å²) >= 11 is 0. The number of nitrogens with zero attached hydrogens (tertiary/aromatic N) is 1. The van der Waals surface area contributed by atoms with Gasteiger partial charge in [0.05, 0.1) is 18.6 Å². The Morgan fingerprint density at radius 1 is 0.805 bits per heavy atom. The van der Waals surface area contributed by atoms with Gasteiger partial charge >= 0.3 is 5.97 Å². The van der Waals surface area contributed by atoms with Crippen molar-refractivity contribution in [2.24, 2.45) is 0 Å². The molecule has 0 amide bonds. The summed E-state index contributed by atoms with van der Waals surface area (Å²) in [6.45, 7) is 3.51. The van der Waals surface area contributed by atoms with Gasteiger partial charge in [0.1, 0.15) is 17.2 Å². The fourth-order valence-electron chi connectivity index (χ4n) is 4.34. The largest absolute Gasteiger partial charge is 0.494 e. The van der Waals surface area contributed by atoms with Crippen molar-refractivity contribution in [2.75, 3.05) is 22.5 Å². The Labute approximate surface area is 241 Å². The van der Waals surface area contributed by atoms with E-state index in [1.165, 1.54) is 0 Å². The van der Waals surface area contributed by atoms with Crippen LogP contribution in [0.4, 0.5) is 11.4 Å². The predicted molar refractivity (Wildman–Crippen MR) is 161 cm³/mol. The van der Waals surface area contributed by atoms with E-state index in [1.54, 1.807) is 18.2 Å². The summed E-state index contributed by atoms with van der Waals surface area (Å²) < 4.78 is 38.0. The number of hydrogen-bond acceptors (Lipinski definition) is 6. The van der Waals surface area contributed by atoms with Crippen molar-refractivity contribution in [1.29, 1.82) is 0 Å². The predicted octanol–water partition coefficient (Wildman–Crippen LogP) is 6.61. The van der Waals surface area contributed by atoms with Crippen LogP contribution in [0.2, 0.25) is 0 Å². The molecule has 214 valence electrons. The lowest BCUT2D eigenvalue weighted by atomic mass is 10.1. The minimum atomic E-state index is -3.41. The van der Waals surface area contributed by atoms with Crippen molar-refractivity contribution in [3.8, 4) is 17.2 Å². The number of anilines is 2. The summed E-state index contributed by atoms with van der Waals surface area (Å²) in [6, 6.07) is 30.8. The molecule has 0 unspecified atom stereocenters. The van der Waals surface area contributed by atoms with Gasteiger partial charge in [0.2, 0.25) is 10.0 Å². The molecule has 2 N–H and O–H groups in total. The molecule has 0 radical (unpaired) electrons. The zero-order valence-electron chi connectivity index (χ0n) is 23.1. The Morgan fingerprint density at radius 2 is 1.39 bits per heavy atom. The molecule has 0 heterocycles. The molecule has 0 spiro atoms. The molecular weight excluding hydrogens is 540 g/mol. The van der Waals surface area contributed by atoms with Crippen LogP contribution in [0.1, 0.15) is 29.5 Å². The van der Waals surface area contributed by atoms with Gasteiger partial charge in [-0.05, 0) is 78.6 Å². The number of carboxylic acids is 1. The number of rotatable bonds is 14. The zero-order valence-corrected chi connectivity index (χ0v) is 23.9. The van der Waals surface area contributed by atoms with Crippen LogP contribution in [0.25, 0.3) is 0 Å². The summed E-state index contributed by atoms with van der Waals surface area (Å²) in [5.41, 5.74) is 4.56. The van der Waals surface area contributed by atoms with Crippen LogP contribution in [0.15, 0.2) is 97.1 Å². The van der Waals surface area contributed by atoms with E-state index >= 15 is 0 Å². The molecule has 4 aromatic rings. The second-order valence-corrected chi connectivity index (χ2v) is 11.5. The quantitative estimate of drug-likeness (QED) is 0.163. The topological polar surface area (TPSA) is 105 Å². The fourth-order valence-corrected chi connectivity index (χ4v) is 4.96. The highest BCUT2D eigenvalue weighted by Gasteiger charge is 2.15. The first-order chi connectivity index (χ1) is 19.7. The van der Waals surface area contributed by atoms with Crippen molar-refractivity contribution >= 4 is 27.4 Å². The van der Waals surface area contributed by atoms with Gasteiger partial charge in [0, 0.05) is 25.2 Å². The van der Waals surface area contributed by atoms with E-state index in [9.17, 15) is 13.2 Å². The average molecular weight is 575 g/mol. The van der Waals surface area contributed by atoms with Gasteiger partial charge < -0.3 is 19.5 Å². The second-order valence-electron chi connectivity index (χ2n) is 9.73. The Morgan fingerprint density at radius 3 is 2.00 bits per heavy atom. The van der Waals surface area contributed by atoms with E-state index in [-0.39, 0.29) is 6.42 Å². The lowest BCUT2D eigenvalue weighted by molar-refractivity contribution is -0.137. The van der Waals surface area contributed by atoms with Crippen molar-refractivity contribution in [2.45, 2.75) is 32.9 Å². The molecule has 0 aromatic heterocycles. The van der Waals surface area contributed by atoms with Crippen molar-refractivity contribution in [3.63, 3.8) is 0 Å². The minimum Gasteiger partial charge on any atom is -0.494 e. The fraction of sp³-hybridized carbons (Fsp3) is 0.219. The third kappa shape index (κ3) is 9.29. The van der Waals surface area contributed by atoms with Crippen LogP contribution in [0.5, 0.6) is 17.2 Å².